The second kappa shape index (κ2) is 18.9. The van der Waals surface area contributed by atoms with Crippen molar-refractivity contribution in [3.05, 3.63) is 11.5 Å². The summed E-state index contributed by atoms with van der Waals surface area (Å²) in [6.07, 6.45) is 12.3. The Bertz CT molecular complexity index is 689. The van der Waals surface area contributed by atoms with Crippen LogP contribution in [0.5, 0.6) is 0 Å². The Morgan fingerprint density at radius 2 is 1.39 bits per heavy atom. The molecule has 0 aromatic heterocycles. The van der Waals surface area contributed by atoms with Crippen LogP contribution < -0.4 is 0 Å². The average molecular weight is 514 g/mol. The molecule has 9 nitrogen and oxygen atoms in total. The fourth-order valence-electron chi connectivity index (χ4n) is 4.07. The molecule has 0 bridgehead atoms. The number of hydrogen-bond donors (Lipinski definition) is 2. The molecule has 36 heavy (non-hydrogen) atoms. The Balaban J connectivity index is 2.17. The first-order valence-electron chi connectivity index (χ1n) is 13.8. The first-order chi connectivity index (χ1) is 17.3. The molecule has 0 aliphatic carbocycles. The van der Waals surface area contributed by atoms with E-state index in [4.69, 9.17) is 14.2 Å². The van der Waals surface area contributed by atoms with Crippen molar-refractivity contribution in [3.63, 3.8) is 0 Å². The lowest BCUT2D eigenvalue weighted by molar-refractivity contribution is -0.154. The average Bonchev–Trinajstić information content (AvgIpc) is 3.14. The van der Waals surface area contributed by atoms with Crippen molar-refractivity contribution in [2.24, 2.45) is 0 Å². The van der Waals surface area contributed by atoms with E-state index >= 15 is 0 Å². The van der Waals surface area contributed by atoms with Crippen molar-refractivity contribution in [2.75, 3.05) is 19.7 Å². The van der Waals surface area contributed by atoms with Crippen molar-refractivity contribution in [2.45, 2.75) is 123 Å². The smallest absolute Gasteiger partial charge is 0.415 e. The van der Waals surface area contributed by atoms with Crippen LogP contribution in [-0.2, 0) is 23.8 Å². The van der Waals surface area contributed by atoms with Crippen molar-refractivity contribution < 1.29 is 38.8 Å². The van der Waals surface area contributed by atoms with Gasteiger partial charge in [0.05, 0.1) is 0 Å². The Hall–Kier alpha value is -2.29. The van der Waals surface area contributed by atoms with Gasteiger partial charge in [0.2, 0.25) is 0 Å². The van der Waals surface area contributed by atoms with Crippen LogP contribution in [0.2, 0.25) is 0 Å². The fraction of sp³-hybridized carbons (Fsp3) is 0.815. The van der Waals surface area contributed by atoms with Gasteiger partial charge < -0.3 is 29.3 Å². The van der Waals surface area contributed by atoms with Crippen molar-refractivity contribution in [1.82, 2.24) is 4.90 Å². The highest BCUT2D eigenvalue weighted by Crippen LogP contribution is 2.25. The summed E-state index contributed by atoms with van der Waals surface area (Å²) in [6, 6.07) is 0. The molecule has 1 aliphatic rings. The number of esters is 2. The van der Waals surface area contributed by atoms with E-state index in [-0.39, 0.29) is 6.42 Å². The molecule has 0 radical (unpaired) electrons. The van der Waals surface area contributed by atoms with Crippen molar-refractivity contribution in [3.8, 4) is 0 Å². The summed E-state index contributed by atoms with van der Waals surface area (Å²) in [5.74, 6) is -2.87. The number of hydrogen-bond acceptors (Lipinski definition) is 8. The standard InChI is InChI=1S/C27H47NO8/c1-4-7-8-9-10-11-12-13-14-15-16-17-18-19-22(30)34-20-21(29)24-23(31)25(26(32)35-24)36-27(33)28(5-2)6-3/h21,24,29,31H,4-20H2,1-3H3. The monoisotopic (exact) mass is 513 g/mol. The van der Waals surface area contributed by atoms with Crippen LogP contribution in [0.4, 0.5) is 4.79 Å². The lowest BCUT2D eigenvalue weighted by Gasteiger charge is -2.17. The van der Waals surface area contributed by atoms with Gasteiger partial charge in [0.15, 0.2) is 11.9 Å². The topological polar surface area (TPSA) is 123 Å². The van der Waals surface area contributed by atoms with E-state index in [1.54, 1.807) is 13.8 Å². The third-order valence-corrected chi connectivity index (χ3v) is 6.38. The first-order valence-corrected chi connectivity index (χ1v) is 13.8. The molecule has 0 spiro atoms. The molecule has 9 heteroatoms. The Labute approximate surface area is 216 Å². The Kier molecular flexibility index (Phi) is 16.7. The fourth-order valence-corrected chi connectivity index (χ4v) is 4.07. The molecule has 1 aliphatic heterocycles. The van der Waals surface area contributed by atoms with Crippen molar-refractivity contribution >= 4 is 18.0 Å². The SMILES string of the molecule is CCCCCCCCCCCCCCCC(=O)OCC(O)C1OC(=O)C(OC(=O)N(CC)CC)=C1O. The van der Waals surface area contributed by atoms with Crippen molar-refractivity contribution in [1.29, 1.82) is 0 Å². The van der Waals surface area contributed by atoms with Crippen LogP contribution in [0, 0.1) is 0 Å². The van der Waals surface area contributed by atoms with E-state index in [0.717, 1.165) is 12.8 Å². The van der Waals surface area contributed by atoms with Gasteiger partial charge >= 0.3 is 18.0 Å². The quantitative estimate of drug-likeness (QED) is 0.123. The zero-order chi connectivity index (χ0) is 26.8. The normalized spacial score (nSPS) is 16.1. The zero-order valence-electron chi connectivity index (χ0n) is 22.5. The number of carbonyl (C=O) groups is 3. The highest BCUT2D eigenvalue weighted by atomic mass is 16.6. The number of nitrogens with zero attached hydrogens (tertiary/aromatic N) is 1. The highest BCUT2D eigenvalue weighted by molar-refractivity contribution is 5.92. The minimum Gasteiger partial charge on any atom is -0.505 e. The lowest BCUT2D eigenvalue weighted by Crippen LogP contribution is -2.33. The number of rotatable bonds is 20. The summed E-state index contributed by atoms with van der Waals surface area (Å²) in [6.45, 7) is 5.99. The van der Waals surface area contributed by atoms with Crippen LogP contribution in [-0.4, -0.2) is 65.0 Å². The maximum atomic E-state index is 12.0. The number of cyclic esters (lactones) is 1. The molecule has 0 fully saturated rings. The predicted molar refractivity (Wildman–Crippen MR) is 136 cm³/mol. The third-order valence-electron chi connectivity index (χ3n) is 6.38. The summed E-state index contributed by atoms with van der Waals surface area (Å²) in [7, 11) is 0. The number of aliphatic hydroxyl groups is 2. The van der Waals surface area contributed by atoms with Gasteiger partial charge in [-0.05, 0) is 20.3 Å². The lowest BCUT2D eigenvalue weighted by atomic mass is 10.0. The molecule has 2 unspecified atom stereocenters. The second-order valence-electron chi connectivity index (χ2n) is 9.32. The van der Waals surface area contributed by atoms with E-state index in [0.29, 0.717) is 19.5 Å². The molecular formula is C27H47NO8. The molecule has 0 saturated carbocycles. The molecular weight excluding hydrogens is 466 g/mol. The summed E-state index contributed by atoms with van der Waals surface area (Å²) in [5.41, 5.74) is 0. The molecule has 1 heterocycles. The van der Waals surface area contributed by atoms with Gasteiger partial charge in [0.25, 0.3) is 5.76 Å². The van der Waals surface area contributed by atoms with E-state index in [2.05, 4.69) is 6.92 Å². The van der Waals surface area contributed by atoms with Crippen LogP contribution in [0.3, 0.4) is 0 Å². The molecule has 1 amide bonds. The molecule has 0 aromatic carbocycles. The number of aliphatic hydroxyl groups excluding tert-OH is 2. The zero-order valence-corrected chi connectivity index (χ0v) is 22.5. The summed E-state index contributed by atoms with van der Waals surface area (Å²) < 4.78 is 14.9. The minimum absolute atomic E-state index is 0.240. The first kappa shape index (κ1) is 31.7. The molecule has 2 atom stereocenters. The molecule has 208 valence electrons. The van der Waals surface area contributed by atoms with Crippen LogP contribution in [0.15, 0.2) is 11.5 Å². The maximum absolute atomic E-state index is 12.0. The van der Waals surface area contributed by atoms with E-state index in [1.165, 1.54) is 69.1 Å². The largest absolute Gasteiger partial charge is 0.505 e. The van der Waals surface area contributed by atoms with E-state index < -0.39 is 48.4 Å². The van der Waals surface area contributed by atoms with Gasteiger partial charge in [-0.3, -0.25) is 4.79 Å². The van der Waals surface area contributed by atoms with Gasteiger partial charge in [-0.25, -0.2) is 9.59 Å². The van der Waals surface area contributed by atoms with Gasteiger partial charge in [-0.2, -0.15) is 0 Å². The summed E-state index contributed by atoms with van der Waals surface area (Å²) in [5, 5.41) is 20.4. The molecule has 1 rings (SSSR count). The number of carbonyl (C=O) groups excluding carboxylic acids is 3. The minimum atomic E-state index is -1.48. The van der Waals surface area contributed by atoms with E-state index in [9.17, 15) is 24.6 Å². The van der Waals surface area contributed by atoms with Crippen LogP contribution in [0.1, 0.15) is 111 Å². The maximum Gasteiger partial charge on any atom is 0.415 e. The summed E-state index contributed by atoms with van der Waals surface area (Å²) in [4.78, 5) is 37.3. The molecule has 0 saturated heterocycles. The van der Waals surface area contributed by atoms with Crippen LogP contribution in [0.25, 0.3) is 0 Å². The van der Waals surface area contributed by atoms with E-state index in [1.807, 2.05) is 0 Å². The van der Waals surface area contributed by atoms with Crippen LogP contribution >= 0.6 is 0 Å². The molecule has 0 aromatic rings. The molecule has 2 N–H and O–H groups in total. The third kappa shape index (κ3) is 12.1. The predicted octanol–water partition coefficient (Wildman–Crippen LogP) is 5.55. The number of ether oxygens (including phenoxy) is 3. The van der Waals surface area contributed by atoms with Gasteiger partial charge in [-0.15, -0.1) is 0 Å². The number of amides is 1. The van der Waals surface area contributed by atoms with Gasteiger partial charge in [0.1, 0.15) is 12.7 Å². The second-order valence-corrected chi connectivity index (χ2v) is 9.32. The highest BCUT2D eigenvalue weighted by Gasteiger charge is 2.42. The Morgan fingerprint density at radius 3 is 1.89 bits per heavy atom. The Morgan fingerprint density at radius 1 is 0.889 bits per heavy atom. The number of unbranched alkanes of at least 4 members (excludes halogenated alkanes) is 12. The summed E-state index contributed by atoms with van der Waals surface area (Å²) >= 11 is 0. The van der Waals surface area contributed by atoms with Gasteiger partial charge in [0, 0.05) is 19.5 Å². The van der Waals surface area contributed by atoms with Gasteiger partial charge in [-0.1, -0.05) is 84.0 Å².